The Hall–Kier alpha value is -1.34. The third-order valence-electron chi connectivity index (χ3n) is 1.97. The van der Waals surface area contributed by atoms with E-state index in [4.69, 9.17) is 5.21 Å². The summed E-state index contributed by atoms with van der Waals surface area (Å²) < 4.78 is 25.0. The molecule has 0 aliphatic heterocycles. The van der Waals surface area contributed by atoms with Crippen LogP contribution in [0.2, 0.25) is 0 Å². The molecule has 16 heavy (non-hydrogen) atoms. The number of hydrogen-bond donors (Lipinski definition) is 3. The van der Waals surface area contributed by atoms with Crippen molar-refractivity contribution < 1.29 is 13.6 Å². The summed E-state index contributed by atoms with van der Waals surface area (Å²) in [5.41, 5.74) is 2.08. The fourth-order valence-electron chi connectivity index (χ4n) is 0.857. The molecule has 0 saturated carbocycles. The maximum absolute atomic E-state index is 11.8. The molecule has 0 bridgehead atoms. The second-order valence-corrected chi connectivity index (χ2v) is 6.66. The Morgan fingerprint density at radius 3 is 2.50 bits per heavy atom. The summed E-state index contributed by atoms with van der Waals surface area (Å²) in [6.07, 6.45) is 1.43. The number of hydrogen-bond acceptors (Lipinski definition) is 5. The third kappa shape index (κ3) is 2.61. The van der Waals surface area contributed by atoms with Crippen LogP contribution >= 0.6 is 0 Å². The number of aromatic nitrogens is 1. The molecule has 0 spiro atoms. The van der Waals surface area contributed by atoms with Gasteiger partial charge in [-0.2, -0.15) is 0 Å². The van der Waals surface area contributed by atoms with E-state index < -0.39 is 14.8 Å². The Morgan fingerprint density at radius 2 is 2.00 bits per heavy atom. The highest BCUT2D eigenvalue weighted by Gasteiger charge is 2.29. The first-order valence-electron chi connectivity index (χ1n) is 4.65. The summed E-state index contributed by atoms with van der Waals surface area (Å²) >= 11 is 0. The number of rotatable bonds is 3. The first kappa shape index (κ1) is 12.7. The van der Waals surface area contributed by atoms with E-state index in [-0.39, 0.29) is 11.5 Å². The predicted molar refractivity (Wildman–Crippen MR) is 61.9 cm³/mol. The van der Waals surface area contributed by atoms with Crippen LogP contribution in [-0.2, 0) is 10.0 Å². The van der Waals surface area contributed by atoms with Crippen molar-refractivity contribution in [3.8, 4) is 0 Å². The van der Waals surface area contributed by atoms with Crippen LogP contribution in [0.25, 0.3) is 0 Å². The van der Waals surface area contributed by atoms with Crippen molar-refractivity contribution in [3.63, 3.8) is 0 Å². The van der Waals surface area contributed by atoms with Gasteiger partial charge in [0.1, 0.15) is 5.69 Å². The zero-order valence-corrected chi connectivity index (χ0v) is 10.2. The molecule has 0 unspecified atom stereocenters. The summed E-state index contributed by atoms with van der Waals surface area (Å²) in [5, 5.41) is 8.79. The molecule has 1 heterocycles. The molecule has 3 N–H and O–H groups in total. The first-order chi connectivity index (χ1) is 7.28. The minimum absolute atomic E-state index is 0.0694. The lowest BCUT2D eigenvalue weighted by molar-refractivity contribution is 0.389. The first-order valence-corrected chi connectivity index (χ1v) is 6.14. The fraction of sp³-hybridized carbons (Fsp3) is 0.444. The van der Waals surface area contributed by atoms with Crippen molar-refractivity contribution in [2.24, 2.45) is 0 Å². The molecule has 7 heteroatoms. The van der Waals surface area contributed by atoms with Crippen LogP contribution < -0.4 is 10.2 Å². The van der Waals surface area contributed by atoms with Gasteiger partial charge in [-0.3, -0.25) is 15.4 Å². The molecular weight excluding hydrogens is 230 g/mol. The molecule has 0 aromatic carbocycles. The molecule has 0 saturated heterocycles. The van der Waals surface area contributed by atoms with E-state index in [1.165, 1.54) is 12.3 Å². The number of nitrogens with one attached hydrogen (secondary N) is 2. The molecule has 1 aromatic rings. The van der Waals surface area contributed by atoms with Gasteiger partial charge in [0.15, 0.2) is 5.82 Å². The van der Waals surface area contributed by atoms with Crippen molar-refractivity contribution in [2.45, 2.75) is 25.5 Å². The van der Waals surface area contributed by atoms with Crippen LogP contribution in [0.4, 0.5) is 11.5 Å². The van der Waals surface area contributed by atoms with E-state index in [1.807, 2.05) is 5.48 Å². The lowest BCUT2D eigenvalue weighted by Gasteiger charge is -2.20. The Balaban J connectivity index is 3.06. The van der Waals surface area contributed by atoms with E-state index in [0.717, 1.165) is 0 Å². The van der Waals surface area contributed by atoms with E-state index in [9.17, 15) is 8.42 Å². The van der Waals surface area contributed by atoms with Gasteiger partial charge >= 0.3 is 0 Å². The largest absolute Gasteiger partial charge is 0.291 e. The molecule has 0 aliphatic rings. The van der Waals surface area contributed by atoms with Crippen LogP contribution in [0.1, 0.15) is 20.8 Å². The maximum Gasteiger partial charge on any atom is 0.238 e. The van der Waals surface area contributed by atoms with Crippen molar-refractivity contribution in [1.82, 2.24) is 4.98 Å². The van der Waals surface area contributed by atoms with Gasteiger partial charge in [0, 0.05) is 6.20 Å². The van der Waals surface area contributed by atoms with Gasteiger partial charge in [-0.15, -0.1) is 0 Å². The third-order valence-corrected chi connectivity index (χ3v) is 4.04. The summed E-state index contributed by atoms with van der Waals surface area (Å²) in [6.45, 7) is 4.72. The average Bonchev–Trinajstić information content (AvgIpc) is 2.16. The van der Waals surface area contributed by atoms with Crippen molar-refractivity contribution >= 4 is 21.5 Å². The average molecular weight is 245 g/mol. The highest BCUT2D eigenvalue weighted by atomic mass is 32.2. The van der Waals surface area contributed by atoms with Crippen molar-refractivity contribution in [3.05, 3.63) is 18.3 Å². The normalized spacial score (nSPS) is 12.2. The molecule has 0 radical (unpaired) electrons. The zero-order valence-electron chi connectivity index (χ0n) is 9.35. The smallest absolute Gasteiger partial charge is 0.238 e. The van der Waals surface area contributed by atoms with Gasteiger partial charge in [0.2, 0.25) is 10.0 Å². The Kier molecular flexibility index (Phi) is 3.39. The molecule has 0 aliphatic carbocycles. The maximum atomic E-state index is 11.8. The lowest BCUT2D eigenvalue weighted by Crippen LogP contribution is -2.34. The van der Waals surface area contributed by atoms with E-state index in [1.54, 1.807) is 26.8 Å². The summed E-state index contributed by atoms with van der Waals surface area (Å²) in [7, 11) is -3.55. The number of anilines is 2. The Labute approximate surface area is 94.7 Å². The van der Waals surface area contributed by atoms with E-state index >= 15 is 0 Å². The second-order valence-electron chi connectivity index (χ2n) is 4.23. The van der Waals surface area contributed by atoms with Gasteiger partial charge in [-0.1, -0.05) is 0 Å². The zero-order chi connectivity index (χ0) is 12.4. The van der Waals surface area contributed by atoms with Crippen molar-refractivity contribution in [1.29, 1.82) is 0 Å². The Bertz CT molecular complexity index is 465. The number of sulfonamides is 1. The van der Waals surface area contributed by atoms with Crippen LogP contribution in [0, 0.1) is 0 Å². The number of nitrogens with zero attached hydrogens (tertiary/aromatic N) is 1. The molecule has 0 fully saturated rings. The molecule has 0 atom stereocenters. The monoisotopic (exact) mass is 245 g/mol. The Morgan fingerprint density at radius 1 is 1.38 bits per heavy atom. The van der Waals surface area contributed by atoms with Crippen LogP contribution in [-0.4, -0.2) is 23.4 Å². The molecular formula is C9H15N3O3S. The molecule has 90 valence electrons. The van der Waals surface area contributed by atoms with E-state index in [2.05, 4.69) is 9.71 Å². The summed E-state index contributed by atoms with van der Waals surface area (Å²) in [6, 6.07) is 3.08. The standard InChI is InChI=1S/C9H15N3O3S/c1-9(2,3)16(14,15)12-8-7(11-13)5-4-6-10-8/h4-6,11,13H,1-3H3,(H,10,12). The van der Waals surface area contributed by atoms with Gasteiger partial charge in [0.05, 0.1) is 4.75 Å². The predicted octanol–water partition coefficient (Wildman–Crippen LogP) is 1.42. The molecule has 1 aromatic heterocycles. The number of pyridine rings is 1. The van der Waals surface area contributed by atoms with Crippen molar-refractivity contribution in [2.75, 3.05) is 10.2 Å². The van der Waals surface area contributed by atoms with Gasteiger partial charge in [-0.25, -0.2) is 13.4 Å². The second kappa shape index (κ2) is 4.26. The fourth-order valence-corrected chi connectivity index (χ4v) is 1.58. The van der Waals surface area contributed by atoms with Gasteiger partial charge in [-0.05, 0) is 32.9 Å². The lowest BCUT2D eigenvalue weighted by atomic mass is 10.3. The minimum Gasteiger partial charge on any atom is -0.291 e. The SMILES string of the molecule is CC(C)(C)S(=O)(=O)Nc1ncccc1NO. The van der Waals surface area contributed by atoms with Crippen LogP contribution in [0.15, 0.2) is 18.3 Å². The summed E-state index contributed by atoms with van der Waals surface area (Å²) in [5.74, 6) is 0.0694. The van der Waals surface area contributed by atoms with Crippen LogP contribution in [0.3, 0.4) is 0 Å². The highest BCUT2D eigenvalue weighted by molar-refractivity contribution is 7.94. The molecule has 1 rings (SSSR count). The quantitative estimate of drug-likeness (QED) is 0.700. The van der Waals surface area contributed by atoms with Crippen LogP contribution in [0.5, 0.6) is 0 Å². The van der Waals surface area contributed by atoms with Gasteiger partial charge < -0.3 is 0 Å². The molecule has 0 amide bonds. The van der Waals surface area contributed by atoms with E-state index in [0.29, 0.717) is 0 Å². The topological polar surface area (TPSA) is 91.3 Å². The van der Waals surface area contributed by atoms with Gasteiger partial charge in [0.25, 0.3) is 0 Å². The minimum atomic E-state index is -3.55. The summed E-state index contributed by atoms with van der Waals surface area (Å²) in [4.78, 5) is 3.84. The molecule has 6 nitrogen and oxygen atoms in total. The highest BCUT2D eigenvalue weighted by Crippen LogP contribution is 2.23.